The van der Waals surface area contributed by atoms with Crippen molar-refractivity contribution in [3.8, 4) is 0 Å². The molecule has 0 spiro atoms. The van der Waals surface area contributed by atoms with Crippen LogP contribution in [0.4, 0.5) is 5.69 Å². The second-order valence-corrected chi connectivity index (χ2v) is 4.25. The van der Waals surface area contributed by atoms with Crippen molar-refractivity contribution in [2.75, 3.05) is 5.73 Å². The zero-order valence-corrected chi connectivity index (χ0v) is 9.81. The standard InChI is InChI=1S/C13H19NO2/c1-3-4-9(2)12(13(15)16)10-5-7-11(14)8-6-10/h5-9,12H,3-4,14H2,1-2H3,(H,15,16). The van der Waals surface area contributed by atoms with Gasteiger partial charge in [-0.2, -0.15) is 0 Å². The van der Waals surface area contributed by atoms with E-state index in [9.17, 15) is 9.90 Å². The molecule has 3 nitrogen and oxygen atoms in total. The highest BCUT2D eigenvalue weighted by Gasteiger charge is 2.25. The molecule has 0 amide bonds. The van der Waals surface area contributed by atoms with Crippen LogP contribution in [-0.2, 0) is 4.79 Å². The van der Waals surface area contributed by atoms with E-state index in [-0.39, 0.29) is 5.92 Å². The number of nitrogen functional groups attached to an aromatic ring is 1. The van der Waals surface area contributed by atoms with Crippen LogP contribution in [0.5, 0.6) is 0 Å². The van der Waals surface area contributed by atoms with Crippen LogP contribution in [0.3, 0.4) is 0 Å². The van der Waals surface area contributed by atoms with Gasteiger partial charge in [-0.25, -0.2) is 0 Å². The molecular weight excluding hydrogens is 202 g/mol. The second kappa shape index (κ2) is 5.54. The minimum atomic E-state index is -0.759. The van der Waals surface area contributed by atoms with E-state index >= 15 is 0 Å². The SMILES string of the molecule is CCCC(C)C(C(=O)O)c1ccc(N)cc1. The van der Waals surface area contributed by atoms with Crippen LogP contribution >= 0.6 is 0 Å². The molecule has 0 aliphatic carbocycles. The minimum absolute atomic E-state index is 0.145. The monoisotopic (exact) mass is 221 g/mol. The third kappa shape index (κ3) is 2.99. The molecule has 1 rings (SSSR count). The van der Waals surface area contributed by atoms with Crippen molar-refractivity contribution in [3.05, 3.63) is 29.8 Å². The summed E-state index contributed by atoms with van der Waals surface area (Å²) in [6.45, 7) is 4.05. The van der Waals surface area contributed by atoms with E-state index in [0.29, 0.717) is 5.69 Å². The minimum Gasteiger partial charge on any atom is -0.481 e. The molecule has 0 aromatic heterocycles. The number of hydrogen-bond acceptors (Lipinski definition) is 2. The molecular formula is C13H19NO2. The summed E-state index contributed by atoms with van der Waals surface area (Å²) in [6.07, 6.45) is 1.92. The second-order valence-electron chi connectivity index (χ2n) is 4.25. The van der Waals surface area contributed by atoms with Gasteiger partial charge in [-0.15, -0.1) is 0 Å². The molecule has 0 heterocycles. The molecule has 0 fully saturated rings. The van der Waals surface area contributed by atoms with E-state index in [0.717, 1.165) is 18.4 Å². The Labute approximate surface area is 96.3 Å². The summed E-state index contributed by atoms with van der Waals surface area (Å²) >= 11 is 0. The van der Waals surface area contributed by atoms with E-state index in [1.807, 2.05) is 6.92 Å². The van der Waals surface area contributed by atoms with Gasteiger partial charge in [0.15, 0.2) is 0 Å². The molecule has 0 aliphatic heterocycles. The van der Waals surface area contributed by atoms with Gasteiger partial charge in [0.2, 0.25) is 0 Å². The Kier molecular flexibility index (Phi) is 4.35. The summed E-state index contributed by atoms with van der Waals surface area (Å²) in [5, 5.41) is 9.26. The number of aliphatic carboxylic acids is 1. The zero-order chi connectivity index (χ0) is 12.1. The number of carboxylic acids is 1. The average molecular weight is 221 g/mol. The Morgan fingerprint density at radius 1 is 1.38 bits per heavy atom. The fourth-order valence-electron chi connectivity index (χ4n) is 2.04. The first-order valence-electron chi connectivity index (χ1n) is 5.64. The van der Waals surface area contributed by atoms with E-state index in [1.165, 1.54) is 0 Å². The van der Waals surface area contributed by atoms with Crippen LogP contribution in [0.15, 0.2) is 24.3 Å². The Morgan fingerprint density at radius 2 is 1.94 bits per heavy atom. The molecule has 1 aromatic rings. The summed E-state index contributed by atoms with van der Waals surface area (Å²) in [5.41, 5.74) is 7.09. The van der Waals surface area contributed by atoms with E-state index in [2.05, 4.69) is 6.92 Å². The number of carboxylic acid groups (broad SMARTS) is 1. The van der Waals surface area contributed by atoms with Gasteiger partial charge in [0.05, 0.1) is 5.92 Å². The molecule has 0 saturated heterocycles. The molecule has 3 N–H and O–H groups in total. The lowest BCUT2D eigenvalue weighted by Crippen LogP contribution is -2.19. The Morgan fingerprint density at radius 3 is 2.38 bits per heavy atom. The van der Waals surface area contributed by atoms with Crippen molar-refractivity contribution >= 4 is 11.7 Å². The molecule has 3 heteroatoms. The van der Waals surface area contributed by atoms with Gasteiger partial charge < -0.3 is 10.8 Å². The van der Waals surface area contributed by atoms with Crippen LogP contribution < -0.4 is 5.73 Å². The van der Waals surface area contributed by atoms with Gasteiger partial charge in [-0.1, -0.05) is 32.4 Å². The summed E-state index contributed by atoms with van der Waals surface area (Å²) in [7, 11) is 0. The fraction of sp³-hybridized carbons (Fsp3) is 0.462. The quantitative estimate of drug-likeness (QED) is 0.751. The highest BCUT2D eigenvalue weighted by Crippen LogP contribution is 2.28. The van der Waals surface area contributed by atoms with Gasteiger partial charge in [-0.3, -0.25) is 4.79 Å². The molecule has 2 unspecified atom stereocenters. The lowest BCUT2D eigenvalue weighted by molar-refractivity contribution is -0.140. The predicted molar refractivity (Wildman–Crippen MR) is 65.3 cm³/mol. The molecule has 2 atom stereocenters. The number of benzene rings is 1. The van der Waals surface area contributed by atoms with E-state index in [1.54, 1.807) is 24.3 Å². The van der Waals surface area contributed by atoms with Crippen molar-refractivity contribution in [3.63, 3.8) is 0 Å². The highest BCUT2D eigenvalue weighted by molar-refractivity contribution is 5.76. The van der Waals surface area contributed by atoms with Gasteiger partial charge in [0, 0.05) is 5.69 Å². The maximum Gasteiger partial charge on any atom is 0.311 e. The summed E-state index contributed by atoms with van der Waals surface area (Å²) in [5.74, 6) is -1.04. The summed E-state index contributed by atoms with van der Waals surface area (Å²) in [4.78, 5) is 11.3. The normalized spacial score (nSPS) is 14.4. The number of carbonyl (C=O) groups is 1. The molecule has 88 valence electrons. The molecule has 1 aromatic carbocycles. The number of nitrogens with two attached hydrogens (primary N) is 1. The van der Waals surface area contributed by atoms with E-state index in [4.69, 9.17) is 5.73 Å². The molecule has 0 bridgehead atoms. The summed E-state index contributed by atoms with van der Waals surface area (Å²) < 4.78 is 0. The van der Waals surface area contributed by atoms with Gasteiger partial charge in [0.1, 0.15) is 0 Å². The van der Waals surface area contributed by atoms with Crippen molar-refractivity contribution < 1.29 is 9.90 Å². The van der Waals surface area contributed by atoms with Crippen molar-refractivity contribution in [1.82, 2.24) is 0 Å². The molecule has 0 saturated carbocycles. The van der Waals surface area contributed by atoms with Crippen LogP contribution in [0.1, 0.15) is 38.2 Å². The highest BCUT2D eigenvalue weighted by atomic mass is 16.4. The zero-order valence-electron chi connectivity index (χ0n) is 9.81. The van der Waals surface area contributed by atoms with Crippen molar-refractivity contribution in [2.45, 2.75) is 32.6 Å². The van der Waals surface area contributed by atoms with Crippen molar-refractivity contribution in [1.29, 1.82) is 0 Å². The fourth-order valence-corrected chi connectivity index (χ4v) is 2.04. The molecule has 16 heavy (non-hydrogen) atoms. The maximum atomic E-state index is 11.3. The number of hydrogen-bond donors (Lipinski definition) is 2. The predicted octanol–water partition coefficient (Wildman–Crippen LogP) is 2.87. The Hall–Kier alpha value is -1.51. The van der Waals surface area contributed by atoms with Crippen LogP contribution in [0.25, 0.3) is 0 Å². The number of rotatable bonds is 5. The van der Waals surface area contributed by atoms with E-state index < -0.39 is 11.9 Å². The average Bonchev–Trinajstić information content (AvgIpc) is 2.21. The first-order valence-corrected chi connectivity index (χ1v) is 5.64. The lowest BCUT2D eigenvalue weighted by atomic mass is 9.84. The first-order chi connectivity index (χ1) is 7.56. The lowest BCUT2D eigenvalue weighted by Gasteiger charge is -2.20. The third-order valence-corrected chi connectivity index (χ3v) is 2.87. The molecule has 0 aliphatic rings. The maximum absolute atomic E-state index is 11.3. The van der Waals surface area contributed by atoms with Crippen LogP contribution in [0.2, 0.25) is 0 Å². The number of anilines is 1. The molecule has 0 radical (unpaired) electrons. The smallest absolute Gasteiger partial charge is 0.311 e. The Balaban J connectivity index is 2.93. The van der Waals surface area contributed by atoms with Gasteiger partial charge >= 0.3 is 5.97 Å². The Bertz CT molecular complexity index is 345. The largest absolute Gasteiger partial charge is 0.481 e. The third-order valence-electron chi connectivity index (χ3n) is 2.87. The van der Waals surface area contributed by atoms with Crippen molar-refractivity contribution in [2.24, 2.45) is 5.92 Å². The van der Waals surface area contributed by atoms with Crippen LogP contribution in [-0.4, -0.2) is 11.1 Å². The first kappa shape index (κ1) is 12.6. The summed E-state index contributed by atoms with van der Waals surface area (Å²) in [6, 6.07) is 7.12. The van der Waals surface area contributed by atoms with Gasteiger partial charge in [0.25, 0.3) is 0 Å². The van der Waals surface area contributed by atoms with Gasteiger partial charge in [-0.05, 0) is 30.0 Å². The van der Waals surface area contributed by atoms with Crippen LogP contribution in [0, 0.1) is 5.92 Å². The topological polar surface area (TPSA) is 63.3 Å².